The lowest BCUT2D eigenvalue weighted by Gasteiger charge is -2.63. The van der Waals surface area contributed by atoms with Gasteiger partial charge in [0.05, 0.1) is 13.2 Å². The monoisotopic (exact) mass is 500 g/mol. The molecule has 1 aliphatic heterocycles. The molecule has 4 saturated carbocycles. The van der Waals surface area contributed by atoms with E-state index in [-0.39, 0.29) is 0 Å². The zero-order valence-corrected chi connectivity index (χ0v) is 24.7. The van der Waals surface area contributed by atoms with Gasteiger partial charge in [0.25, 0.3) is 0 Å². The van der Waals surface area contributed by atoms with Crippen molar-refractivity contribution >= 4 is 0 Å². The molecule has 0 amide bonds. The van der Waals surface area contributed by atoms with Crippen molar-refractivity contribution in [2.75, 3.05) is 39.4 Å². The number of hydrogen-bond donors (Lipinski definition) is 1. The Morgan fingerprint density at radius 2 is 1.67 bits per heavy atom. The Morgan fingerprint density at radius 1 is 0.917 bits per heavy atom. The van der Waals surface area contributed by atoms with Crippen LogP contribution in [0.2, 0.25) is 0 Å². The lowest BCUT2D eigenvalue weighted by molar-refractivity contribution is -0.138. The highest BCUT2D eigenvalue weighted by atomic mass is 16.5. The Bertz CT molecular complexity index is 704. The van der Waals surface area contributed by atoms with E-state index >= 15 is 0 Å². The average molecular weight is 501 g/mol. The summed E-state index contributed by atoms with van der Waals surface area (Å²) in [5.41, 5.74) is 1.25. The van der Waals surface area contributed by atoms with E-state index in [1.165, 1.54) is 77.2 Å². The van der Waals surface area contributed by atoms with E-state index < -0.39 is 0 Å². The van der Waals surface area contributed by atoms with Crippen LogP contribution in [0.25, 0.3) is 0 Å². The minimum Gasteiger partial charge on any atom is -0.379 e. The third-order valence-corrected chi connectivity index (χ3v) is 12.8. The first-order valence-corrected chi connectivity index (χ1v) is 16.3. The van der Waals surface area contributed by atoms with Crippen LogP contribution < -0.4 is 5.32 Å². The first-order valence-electron chi connectivity index (χ1n) is 16.3. The van der Waals surface area contributed by atoms with Gasteiger partial charge in [0.2, 0.25) is 0 Å². The molecule has 0 aromatic carbocycles. The van der Waals surface area contributed by atoms with Gasteiger partial charge in [-0.2, -0.15) is 0 Å². The van der Waals surface area contributed by atoms with E-state index in [9.17, 15) is 0 Å². The molecule has 5 aliphatic rings. The van der Waals surface area contributed by atoms with Crippen LogP contribution in [0.5, 0.6) is 0 Å². The van der Waals surface area contributed by atoms with Crippen LogP contribution in [0.15, 0.2) is 0 Å². The Hall–Kier alpha value is -0.120. The summed E-state index contributed by atoms with van der Waals surface area (Å²) in [6, 6.07) is 0.753. The summed E-state index contributed by atoms with van der Waals surface area (Å²) in [6.45, 7) is 19.4. The van der Waals surface area contributed by atoms with Crippen LogP contribution in [0, 0.1) is 52.3 Å². The van der Waals surface area contributed by atoms with Crippen LogP contribution >= 0.6 is 0 Å². The lowest BCUT2D eigenvalue weighted by atomic mass is 9.42. The van der Waals surface area contributed by atoms with Crippen LogP contribution in [0.4, 0.5) is 0 Å². The van der Waals surface area contributed by atoms with Gasteiger partial charge < -0.3 is 10.1 Å². The summed E-state index contributed by atoms with van der Waals surface area (Å²) < 4.78 is 5.53. The van der Waals surface area contributed by atoms with Crippen molar-refractivity contribution < 1.29 is 4.74 Å². The molecular weight excluding hydrogens is 440 g/mol. The van der Waals surface area contributed by atoms with Crippen LogP contribution in [0.1, 0.15) is 112 Å². The van der Waals surface area contributed by atoms with Gasteiger partial charge >= 0.3 is 0 Å². The van der Waals surface area contributed by atoms with E-state index in [4.69, 9.17) is 4.74 Å². The topological polar surface area (TPSA) is 24.5 Å². The Kier molecular flexibility index (Phi) is 8.80. The van der Waals surface area contributed by atoms with E-state index in [0.29, 0.717) is 10.8 Å². The summed E-state index contributed by atoms with van der Waals surface area (Å²) >= 11 is 0. The fourth-order valence-corrected chi connectivity index (χ4v) is 10.6. The summed E-state index contributed by atoms with van der Waals surface area (Å²) in [5, 5.41) is 4.00. The minimum atomic E-state index is 0.607. The standard InChI is InChI=1S/C33H60N2O/c1-24(2)8-6-7-9-26-10-11-29-31-25(3)22-27-23-28(34-16-17-35-18-20-36-21-19-35)12-14-33(27,5)30(31)13-15-32(26,29)4/h24-31,34H,6-23H2,1-5H3. The molecule has 0 aromatic heterocycles. The summed E-state index contributed by atoms with van der Waals surface area (Å²) in [7, 11) is 0. The maximum Gasteiger partial charge on any atom is 0.0594 e. The van der Waals surface area contributed by atoms with E-state index in [1.807, 2.05) is 0 Å². The fraction of sp³-hybridized carbons (Fsp3) is 1.00. The number of nitrogens with zero attached hydrogens (tertiary/aromatic N) is 1. The molecule has 1 saturated heterocycles. The molecule has 5 fully saturated rings. The van der Waals surface area contributed by atoms with E-state index in [0.717, 1.165) is 80.3 Å². The lowest BCUT2D eigenvalue weighted by Crippen LogP contribution is -2.57. The van der Waals surface area contributed by atoms with Gasteiger partial charge in [0.15, 0.2) is 0 Å². The second-order valence-electron chi connectivity index (χ2n) is 15.1. The molecule has 1 heterocycles. The van der Waals surface area contributed by atoms with Crippen LogP contribution in [-0.4, -0.2) is 50.3 Å². The molecule has 3 nitrogen and oxygen atoms in total. The van der Waals surface area contributed by atoms with Gasteiger partial charge in [-0.25, -0.2) is 0 Å². The number of ether oxygens (including phenoxy) is 1. The number of rotatable bonds is 9. The molecule has 0 radical (unpaired) electrons. The normalized spacial score (nSPS) is 45.3. The third-order valence-electron chi connectivity index (χ3n) is 12.8. The highest BCUT2D eigenvalue weighted by Gasteiger charge is 2.61. The maximum absolute atomic E-state index is 5.53. The van der Waals surface area contributed by atoms with Crippen molar-refractivity contribution in [3.8, 4) is 0 Å². The van der Waals surface area contributed by atoms with Crippen molar-refractivity contribution in [2.24, 2.45) is 52.3 Å². The van der Waals surface area contributed by atoms with Gasteiger partial charge in [-0.1, -0.05) is 53.9 Å². The molecule has 208 valence electrons. The highest BCUT2D eigenvalue weighted by Crippen LogP contribution is 2.69. The van der Waals surface area contributed by atoms with Crippen molar-refractivity contribution in [3.63, 3.8) is 0 Å². The second-order valence-corrected chi connectivity index (χ2v) is 15.1. The molecule has 4 aliphatic carbocycles. The van der Waals surface area contributed by atoms with Gasteiger partial charge in [0.1, 0.15) is 0 Å². The zero-order chi connectivity index (χ0) is 25.3. The fourth-order valence-electron chi connectivity index (χ4n) is 10.6. The number of morpholine rings is 1. The quantitative estimate of drug-likeness (QED) is 0.334. The molecule has 1 N–H and O–H groups in total. The van der Waals surface area contributed by atoms with Crippen LogP contribution in [-0.2, 0) is 4.74 Å². The summed E-state index contributed by atoms with van der Waals surface area (Å²) in [6.07, 6.45) is 17.9. The Labute approximate surface area is 224 Å². The largest absolute Gasteiger partial charge is 0.379 e. The van der Waals surface area contributed by atoms with Gasteiger partial charge in [-0.05, 0) is 110 Å². The van der Waals surface area contributed by atoms with Gasteiger partial charge in [-0.15, -0.1) is 0 Å². The number of hydrogen-bond acceptors (Lipinski definition) is 3. The van der Waals surface area contributed by atoms with Crippen molar-refractivity contribution in [3.05, 3.63) is 0 Å². The molecular formula is C33H60N2O. The molecule has 0 spiro atoms. The Morgan fingerprint density at radius 3 is 2.44 bits per heavy atom. The molecule has 9 atom stereocenters. The number of unbranched alkanes of at least 4 members (excludes halogenated alkanes) is 1. The van der Waals surface area contributed by atoms with Crippen molar-refractivity contribution in [2.45, 2.75) is 118 Å². The smallest absolute Gasteiger partial charge is 0.0594 e. The molecule has 9 unspecified atom stereocenters. The SMILES string of the molecule is CC(C)CCCCC1CCC2C3C(C)CC4CC(NCCN5CCOCC5)CCC4(C)C3CCC12C. The molecule has 0 bridgehead atoms. The first-order chi connectivity index (χ1) is 17.3. The zero-order valence-electron chi connectivity index (χ0n) is 24.7. The molecule has 36 heavy (non-hydrogen) atoms. The van der Waals surface area contributed by atoms with Crippen molar-refractivity contribution in [1.82, 2.24) is 10.2 Å². The van der Waals surface area contributed by atoms with E-state index in [1.54, 1.807) is 6.42 Å². The summed E-state index contributed by atoms with van der Waals surface area (Å²) in [5.74, 6) is 6.79. The van der Waals surface area contributed by atoms with E-state index in [2.05, 4.69) is 44.8 Å². The molecule has 0 aromatic rings. The second kappa shape index (κ2) is 11.5. The first kappa shape index (κ1) is 27.4. The van der Waals surface area contributed by atoms with Gasteiger partial charge in [0, 0.05) is 32.2 Å². The van der Waals surface area contributed by atoms with Crippen molar-refractivity contribution in [1.29, 1.82) is 0 Å². The number of nitrogens with one attached hydrogen (secondary N) is 1. The van der Waals surface area contributed by atoms with Crippen LogP contribution in [0.3, 0.4) is 0 Å². The predicted octanol–water partition coefficient (Wildman–Crippen LogP) is 7.40. The molecule has 5 rings (SSSR count). The highest BCUT2D eigenvalue weighted by molar-refractivity contribution is 5.11. The summed E-state index contributed by atoms with van der Waals surface area (Å²) in [4.78, 5) is 2.58. The Balaban J connectivity index is 1.17. The average Bonchev–Trinajstić information content (AvgIpc) is 3.19. The number of fused-ring (bicyclic) bond motifs is 5. The van der Waals surface area contributed by atoms with Gasteiger partial charge in [-0.3, -0.25) is 4.90 Å². The minimum absolute atomic E-state index is 0.607. The molecule has 3 heteroatoms. The third kappa shape index (κ3) is 5.46. The maximum atomic E-state index is 5.53. The predicted molar refractivity (Wildman–Crippen MR) is 152 cm³/mol.